The number of carbonyl (C=O) groups excluding carboxylic acids is 1. The number of fused-ring (bicyclic) bond motifs is 1. The molecule has 0 saturated carbocycles. The lowest BCUT2D eigenvalue weighted by Gasteiger charge is -2.15. The second-order valence-electron chi connectivity index (χ2n) is 5.34. The van der Waals surface area contributed by atoms with E-state index in [1.165, 1.54) is 0 Å². The molecule has 0 aliphatic carbocycles. The molecule has 6 nitrogen and oxygen atoms in total. The van der Waals surface area contributed by atoms with Crippen LogP contribution in [0.3, 0.4) is 0 Å². The third-order valence-electron chi connectivity index (χ3n) is 3.20. The zero-order valence-corrected chi connectivity index (χ0v) is 13.5. The van der Waals surface area contributed by atoms with E-state index in [2.05, 4.69) is 29.1 Å². The van der Waals surface area contributed by atoms with Crippen LogP contribution in [0, 0.1) is 10.7 Å². The largest absolute Gasteiger partial charge is 0.481 e. The maximum atomic E-state index is 12.2. The highest BCUT2D eigenvalue weighted by molar-refractivity contribution is 7.71. The number of nitrogens with zero attached hydrogens (tertiary/aromatic N) is 2. The molecule has 114 valence electrons. The molecule has 0 fully saturated rings. The van der Waals surface area contributed by atoms with Gasteiger partial charge in [0, 0.05) is 12.6 Å². The number of aromatic nitrogens is 3. The van der Waals surface area contributed by atoms with Gasteiger partial charge >= 0.3 is 0 Å². The third kappa shape index (κ3) is 3.24. The Bertz CT molecular complexity index is 705. The van der Waals surface area contributed by atoms with Crippen LogP contribution in [0.1, 0.15) is 26.8 Å². The first kappa shape index (κ1) is 15.5. The smallest absolute Gasteiger partial charge is 0.242 e. The first-order valence-corrected chi connectivity index (χ1v) is 7.27. The maximum absolute atomic E-state index is 12.2. The molecule has 0 spiro atoms. The lowest BCUT2D eigenvalue weighted by atomic mass is 10.2. The minimum atomic E-state index is -0.440. The van der Waals surface area contributed by atoms with Crippen molar-refractivity contribution in [1.29, 1.82) is 0 Å². The number of methoxy groups -OCH3 is 1. The van der Waals surface area contributed by atoms with Crippen molar-refractivity contribution in [3.8, 4) is 5.88 Å². The molecule has 1 atom stereocenters. The predicted molar refractivity (Wildman–Crippen MR) is 84.0 cm³/mol. The number of rotatable bonds is 5. The Morgan fingerprint density at radius 3 is 2.81 bits per heavy atom. The van der Waals surface area contributed by atoms with Crippen LogP contribution in [0.25, 0.3) is 11.2 Å². The van der Waals surface area contributed by atoms with Gasteiger partial charge in [0.15, 0.2) is 10.4 Å². The van der Waals surface area contributed by atoms with Crippen molar-refractivity contribution in [2.24, 2.45) is 5.92 Å². The minimum absolute atomic E-state index is 0.0784. The van der Waals surface area contributed by atoms with Crippen LogP contribution in [-0.4, -0.2) is 34.1 Å². The monoisotopic (exact) mass is 308 g/mol. The van der Waals surface area contributed by atoms with Gasteiger partial charge in [-0.15, -0.1) is 0 Å². The van der Waals surface area contributed by atoms with E-state index in [9.17, 15) is 4.79 Å². The van der Waals surface area contributed by atoms with Crippen LogP contribution in [-0.2, 0) is 4.79 Å². The van der Waals surface area contributed by atoms with Gasteiger partial charge in [0.1, 0.15) is 6.04 Å². The second-order valence-corrected chi connectivity index (χ2v) is 5.73. The number of H-pyrrole nitrogens is 1. The summed E-state index contributed by atoms with van der Waals surface area (Å²) < 4.78 is 7.31. The minimum Gasteiger partial charge on any atom is -0.481 e. The van der Waals surface area contributed by atoms with E-state index in [-0.39, 0.29) is 5.91 Å². The first-order valence-electron chi connectivity index (χ1n) is 6.87. The molecule has 0 aliphatic rings. The molecule has 0 bridgehead atoms. The number of ether oxygens (including phenoxy) is 1. The van der Waals surface area contributed by atoms with E-state index in [1.807, 2.05) is 6.07 Å². The van der Waals surface area contributed by atoms with E-state index < -0.39 is 6.04 Å². The van der Waals surface area contributed by atoms with Gasteiger partial charge in [0.25, 0.3) is 0 Å². The highest BCUT2D eigenvalue weighted by Crippen LogP contribution is 2.20. The molecule has 2 aromatic rings. The first-order chi connectivity index (χ1) is 9.93. The molecule has 21 heavy (non-hydrogen) atoms. The van der Waals surface area contributed by atoms with E-state index in [0.717, 1.165) is 5.52 Å². The number of imidazole rings is 1. The molecular formula is C14H20N4O2S. The van der Waals surface area contributed by atoms with Crippen molar-refractivity contribution < 1.29 is 9.53 Å². The molecule has 0 radical (unpaired) electrons. The molecule has 0 aliphatic heterocycles. The van der Waals surface area contributed by atoms with Gasteiger partial charge in [-0.2, -0.15) is 4.98 Å². The highest BCUT2D eigenvalue weighted by atomic mass is 32.1. The average molecular weight is 308 g/mol. The summed E-state index contributed by atoms with van der Waals surface area (Å²) in [6, 6.07) is 3.15. The van der Waals surface area contributed by atoms with Gasteiger partial charge < -0.3 is 15.0 Å². The molecule has 0 saturated heterocycles. The standard InChI is InChI=1S/C14H20N4O2S/c1-8(2)7-15-13(19)9(3)18-12-10(16-14(18)21)5-6-11(17-12)20-4/h5-6,8-9H,7H2,1-4H3,(H,15,19)(H,16,21). The molecule has 0 aromatic carbocycles. The number of hydrogen-bond acceptors (Lipinski definition) is 4. The quantitative estimate of drug-likeness (QED) is 0.832. The number of carbonyl (C=O) groups is 1. The van der Waals surface area contributed by atoms with Crippen LogP contribution in [0.5, 0.6) is 5.88 Å². The van der Waals surface area contributed by atoms with E-state index in [0.29, 0.717) is 28.8 Å². The predicted octanol–water partition coefficient (Wildman–Crippen LogP) is 2.44. The second kappa shape index (κ2) is 6.26. The SMILES string of the molecule is COc1ccc2[nH]c(=S)n(C(C)C(=O)NCC(C)C)c2n1. The zero-order chi connectivity index (χ0) is 15.6. The zero-order valence-electron chi connectivity index (χ0n) is 12.6. The van der Waals surface area contributed by atoms with E-state index >= 15 is 0 Å². The van der Waals surface area contributed by atoms with Crippen LogP contribution < -0.4 is 10.1 Å². The summed E-state index contributed by atoms with van der Waals surface area (Å²) in [7, 11) is 1.55. The summed E-state index contributed by atoms with van der Waals surface area (Å²) in [4.78, 5) is 19.7. The van der Waals surface area contributed by atoms with Gasteiger partial charge in [-0.05, 0) is 31.1 Å². The Hall–Kier alpha value is -1.89. The summed E-state index contributed by atoms with van der Waals surface area (Å²) in [5, 5.41) is 2.91. The van der Waals surface area contributed by atoms with Crippen LogP contribution in [0.2, 0.25) is 0 Å². The molecule has 2 heterocycles. The fourth-order valence-electron chi connectivity index (χ4n) is 2.03. The normalized spacial score (nSPS) is 12.6. The molecule has 1 unspecified atom stereocenters. The van der Waals surface area contributed by atoms with Gasteiger partial charge in [0.2, 0.25) is 11.8 Å². The number of pyridine rings is 1. The summed E-state index contributed by atoms with van der Waals surface area (Å²) in [5.74, 6) is 0.806. The van der Waals surface area contributed by atoms with Gasteiger partial charge in [-0.3, -0.25) is 9.36 Å². The van der Waals surface area contributed by atoms with Crippen molar-refractivity contribution in [2.75, 3.05) is 13.7 Å². The number of aromatic amines is 1. The topological polar surface area (TPSA) is 71.9 Å². The molecule has 2 aromatic heterocycles. The van der Waals surface area contributed by atoms with Crippen molar-refractivity contribution in [3.63, 3.8) is 0 Å². The Labute approximate surface area is 128 Å². The van der Waals surface area contributed by atoms with Crippen LogP contribution >= 0.6 is 12.2 Å². The Kier molecular flexibility index (Phi) is 4.62. The fourth-order valence-corrected chi connectivity index (χ4v) is 2.38. The number of nitrogens with one attached hydrogen (secondary N) is 2. The Balaban J connectivity index is 2.38. The number of amides is 1. The summed E-state index contributed by atoms with van der Waals surface area (Å²) in [6.07, 6.45) is 0. The van der Waals surface area contributed by atoms with Crippen molar-refractivity contribution >= 4 is 29.3 Å². The molecule has 2 rings (SSSR count). The summed E-state index contributed by atoms with van der Waals surface area (Å²) >= 11 is 5.31. The molecular weight excluding hydrogens is 288 g/mol. The van der Waals surface area contributed by atoms with Crippen LogP contribution in [0.15, 0.2) is 12.1 Å². The van der Waals surface area contributed by atoms with E-state index in [1.54, 1.807) is 24.7 Å². The van der Waals surface area contributed by atoms with Crippen LogP contribution in [0.4, 0.5) is 0 Å². The lowest BCUT2D eigenvalue weighted by Crippen LogP contribution is -2.33. The van der Waals surface area contributed by atoms with Gasteiger partial charge in [-0.25, -0.2) is 0 Å². The summed E-state index contributed by atoms with van der Waals surface area (Å²) in [5.41, 5.74) is 1.40. The molecule has 7 heteroatoms. The average Bonchev–Trinajstić information content (AvgIpc) is 2.78. The summed E-state index contributed by atoms with van der Waals surface area (Å²) in [6.45, 7) is 6.54. The Morgan fingerprint density at radius 1 is 1.48 bits per heavy atom. The van der Waals surface area contributed by atoms with Crippen molar-refractivity contribution in [1.82, 2.24) is 19.9 Å². The number of hydrogen-bond donors (Lipinski definition) is 2. The fraction of sp³-hybridized carbons (Fsp3) is 0.500. The third-order valence-corrected chi connectivity index (χ3v) is 3.50. The maximum Gasteiger partial charge on any atom is 0.242 e. The molecule has 1 amide bonds. The lowest BCUT2D eigenvalue weighted by molar-refractivity contribution is -0.123. The molecule has 2 N–H and O–H groups in total. The Morgan fingerprint density at radius 2 is 2.19 bits per heavy atom. The van der Waals surface area contributed by atoms with Crippen molar-refractivity contribution in [3.05, 3.63) is 16.9 Å². The van der Waals surface area contributed by atoms with Crippen molar-refractivity contribution in [2.45, 2.75) is 26.8 Å². The van der Waals surface area contributed by atoms with Gasteiger partial charge in [-0.1, -0.05) is 13.8 Å². The van der Waals surface area contributed by atoms with E-state index in [4.69, 9.17) is 17.0 Å². The highest BCUT2D eigenvalue weighted by Gasteiger charge is 2.19. The van der Waals surface area contributed by atoms with Gasteiger partial charge in [0.05, 0.1) is 12.6 Å².